The third-order valence-corrected chi connectivity index (χ3v) is 2.87. The summed E-state index contributed by atoms with van der Waals surface area (Å²) in [4.78, 5) is 23.6. The Balaban J connectivity index is 2.80. The van der Waals surface area contributed by atoms with Crippen LogP contribution < -0.4 is 0 Å². The maximum absolute atomic E-state index is 13.0. The fourth-order valence-electron chi connectivity index (χ4n) is 1.98. The molecule has 0 aliphatic rings. The molecule has 0 saturated heterocycles. The van der Waals surface area contributed by atoms with Gasteiger partial charge in [0.1, 0.15) is 11.1 Å². The zero-order valence-electron chi connectivity index (χ0n) is 11.6. The Hall–Kier alpha value is -2.51. The van der Waals surface area contributed by atoms with Crippen LogP contribution in [0.3, 0.4) is 0 Å². The molecular weight excluding hydrogens is 305 g/mol. The van der Waals surface area contributed by atoms with E-state index in [-0.39, 0.29) is 17.6 Å². The maximum atomic E-state index is 13.0. The molecule has 5 nitrogen and oxygen atoms in total. The molecular formula is C14H11F3O5. The molecule has 0 bridgehead atoms. The van der Waals surface area contributed by atoms with Crippen LogP contribution in [0.1, 0.15) is 33.4 Å². The van der Waals surface area contributed by atoms with E-state index < -0.39 is 35.0 Å². The largest absolute Gasteiger partial charge is 0.463 e. The number of rotatable bonds is 3. The average molecular weight is 316 g/mol. The Morgan fingerprint density at radius 2 is 1.91 bits per heavy atom. The second-order valence-corrected chi connectivity index (χ2v) is 4.20. The summed E-state index contributed by atoms with van der Waals surface area (Å²) in [5.41, 5.74) is -2.08. The summed E-state index contributed by atoms with van der Waals surface area (Å²) in [6, 6.07) is 3.15. The second kappa shape index (κ2) is 5.70. The summed E-state index contributed by atoms with van der Waals surface area (Å²) in [7, 11) is 1.02. The van der Waals surface area contributed by atoms with E-state index in [0.717, 1.165) is 19.2 Å². The monoisotopic (exact) mass is 316 g/mol. The quantitative estimate of drug-likeness (QED) is 0.812. The van der Waals surface area contributed by atoms with E-state index in [0.29, 0.717) is 0 Å². The van der Waals surface area contributed by atoms with Crippen molar-refractivity contribution in [3.05, 3.63) is 35.1 Å². The van der Waals surface area contributed by atoms with Crippen LogP contribution in [-0.2, 0) is 15.7 Å². The number of hydrogen-bond acceptors (Lipinski definition) is 5. The minimum absolute atomic E-state index is 0.00885. The van der Waals surface area contributed by atoms with Crippen LogP contribution in [-0.4, -0.2) is 25.7 Å². The highest BCUT2D eigenvalue weighted by atomic mass is 19.4. The Kier molecular flexibility index (Phi) is 4.11. The third kappa shape index (κ3) is 2.63. The minimum Gasteiger partial charge on any atom is -0.463 e. The van der Waals surface area contributed by atoms with Crippen molar-refractivity contribution in [3.63, 3.8) is 0 Å². The maximum Gasteiger partial charge on any atom is 0.420 e. The van der Waals surface area contributed by atoms with Crippen LogP contribution in [0.2, 0.25) is 0 Å². The summed E-state index contributed by atoms with van der Waals surface area (Å²) in [6.07, 6.45) is -4.70. The number of carbonyl (C=O) groups is 2. The number of alkyl halides is 3. The fourth-order valence-corrected chi connectivity index (χ4v) is 1.98. The van der Waals surface area contributed by atoms with Crippen molar-refractivity contribution in [2.24, 2.45) is 0 Å². The van der Waals surface area contributed by atoms with E-state index in [1.807, 2.05) is 0 Å². The van der Waals surface area contributed by atoms with Gasteiger partial charge in [-0.25, -0.2) is 9.59 Å². The van der Waals surface area contributed by atoms with Gasteiger partial charge < -0.3 is 13.9 Å². The number of para-hydroxylation sites is 1. The molecule has 0 atom stereocenters. The molecule has 1 heterocycles. The number of furan rings is 1. The molecule has 0 spiro atoms. The van der Waals surface area contributed by atoms with Crippen molar-refractivity contribution in [1.29, 1.82) is 0 Å². The molecule has 22 heavy (non-hydrogen) atoms. The normalized spacial score (nSPS) is 11.5. The summed E-state index contributed by atoms with van der Waals surface area (Å²) in [6.45, 7) is 1.52. The highest BCUT2D eigenvalue weighted by molar-refractivity contribution is 6.11. The number of methoxy groups -OCH3 is 1. The van der Waals surface area contributed by atoms with Gasteiger partial charge in [0.25, 0.3) is 0 Å². The van der Waals surface area contributed by atoms with Crippen LogP contribution in [0.4, 0.5) is 13.2 Å². The molecule has 0 N–H and O–H groups in total. The van der Waals surface area contributed by atoms with Crippen molar-refractivity contribution in [1.82, 2.24) is 0 Å². The molecule has 2 rings (SSSR count). The van der Waals surface area contributed by atoms with Gasteiger partial charge in [0.15, 0.2) is 0 Å². The molecule has 118 valence electrons. The van der Waals surface area contributed by atoms with Gasteiger partial charge in [0.05, 0.1) is 19.3 Å². The molecule has 0 amide bonds. The van der Waals surface area contributed by atoms with Crippen molar-refractivity contribution in [3.8, 4) is 0 Å². The number of halogens is 3. The van der Waals surface area contributed by atoms with Gasteiger partial charge in [-0.15, -0.1) is 0 Å². The number of esters is 2. The average Bonchev–Trinajstić information content (AvgIpc) is 2.84. The SMILES string of the molecule is CCOC(=O)c1c(C(=O)OC)oc2c(C(F)(F)F)cccc12. The van der Waals surface area contributed by atoms with Crippen LogP contribution in [0, 0.1) is 0 Å². The predicted octanol–water partition coefficient (Wildman–Crippen LogP) is 3.41. The molecule has 0 aliphatic carbocycles. The van der Waals surface area contributed by atoms with Crippen LogP contribution in [0.5, 0.6) is 0 Å². The lowest BCUT2D eigenvalue weighted by Crippen LogP contribution is -2.11. The lowest BCUT2D eigenvalue weighted by Gasteiger charge is -2.06. The van der Waals surface area contributed by atoms with Crippen LogP contribution in [0.25, 0.3) is 11.0 Å². The van der Waals surface area contributed by atoms with E-state index in [9.17, 15) is 22.8 Å². The highest BCUT2D eigenvalue weighted by Gasteiger charge is 2.37. The minimum atomic E-state index is -4.70. The summed E-state index contributed by atoms with van der Waals surface area (Å²) >= 11 is 0. The van der Waals surface area contributed by atoms with Crippen molar-refractivity contribution < 1.29 is 36.7 Å². The first kappa shape index (κ1) is 15.9. The van der Waals surface area contributed by atoms with Crippen molar-refractivity contribution in [2.45, 2.75) is 13.1 Å². The first-order valence-corrected chi connectivity index (χ1v) is 6.19. The Morgan fingerprint density at radius 3 is 2.45 bits per heavy atom. The van der Waals surface area contributed by atoms with E-state index >= 15 is 0 Å². The molecule has 1 aromatic heterocycles. The standard InChI is InChI=1S/C14H11F3O5/c1-3-21-12(18)9-7-5-4-6-8(14(15,16)17)10(7)22-11(9)13(19)20-2/h4-6H,3H2,1-2H3. The van der Waals surface area contributed by atoms with Gasteiger partial charge in [0, 0.05) is 5.39 Å². The van der Waals surface area contributed by atoms with E-state index in [1.165, 1.54) is 13.0 Å². The van der Waals surface area contributed by atoms with Gasteiger partial charge >= 0.3 is 18.1 Å². The van der Waals surface area contributed by atoms with Gasteiger partial charge in [-0.3, -0.25) is 0 Å². The lowest BCUT2D eigenvalue weighted by atomic mass is 10.1. The topological polar surface area (TPSA) is 65.7 Å². The molecule has 1 aromatic carbocycles. The fraction of sp³-hybridized carbons (Fsp3) is 0.286. The smallest absolute Gasteiger partial charge is 0.420 e. The Labute approximate surface area is 122 Å². The second-order valence-electron chi connectivity index (χ2n) is 4.20. The third-order valence-electron chi connectivity index (χ3n) is 2.87. The number of benzene rings is 1. The number of fused-ring (bicyclic) bond motifs is 1. The number of hydrogen-bond donors (Lipinski definition) is 0. The van der Waals surface area contributed by atoms with E-state index in [4.69, 9.17) is 9.15 Å². The lowest BCUT2D eigenvalue weighted by molar-refractivity contribution is -0.136. The summed E-state index contributed by atoms with van der Waals surface area (Å²) < 4.78 is 53.2. The summed E-state index contributed by atoms with van der Waals surface area (Å²) in [5.74, 6) is -2.64. The van der Waals surface area contributed by atoms with E-state index in [1.54, 1.807) is 0 Å². The Bertz CT molecular complexity index is 730. The number of ether oxygens (including phenoxy) is 2. The molecule has 0 radical (unpaired) electrons. The number of carbonyl (C=O) groups excluding carboxylic acids is 2. The highest BCUT2D eigenvalue weighted by Crippen LogP contribution is 2.38. The molecule has 8 heteroatoms. The molecule has 2 aromatic rings. The Morgan fingerprint density at radius 1 is 1.23 bits per heavy atom. The van der Waals surface area contributed by atoms with Crippen LogP contribution >= 0.6 is 0 Å². The van der Waals surface area contributed by atoms with E-state index in [2.05, 4.69) is 4.74 Å². The first-order chi connectivity index (χ1) is 10.3. The van der Waals surface area contributed by atoms with Gasteiger partial charge in [-0.1, -0.05) is 12.1 Å². The molecule has 0 fully saturated rings. The first-order valence-electron chi connectivity index (χ1n) is 6.19. The van der Waals surface area contributed by atoms with Gasteiger partial charge in [-0.2, -0.15) is 13.2 Å². The van der Waals surface area contributed by atoms with Crippen LogP contribution in [0.15, 0.2) is 22.6 Å². The zero-order valence-corrected chi connectivity index (χ0v) is 11.6. The van der Waals surface area contributed by atoms with Crippen molar-refractivity contribution in [2.75, 3.05) is 13.7 Å². The molecule has 0 unspecified atom stereocenters. The molecule has 0 aliphatic heterocycles. The van der Waals surface area contributed by atoms with Crippen molar-refractivity contribution >= 4 is 22.9 Å². The summed E-state index contributed by atoms with van der Waals surface area (Å²) in [5, 5.41) is -0.159. The van der Waals surface area contributed by atoms with Gasteiger partial charge in [0.2, 0.25) is 5.76 Å². The zero-order chi connectivity index (χ0) is 16.5. The predicted molar refractivity (Wildman–Crippen MR) is 68.5 cm³/mol. The molecule has 0 saturated carbocycles. The van der Waals surface area contributed by atoms with Gasteiger partial charge in [-0.05, 0) is 13.0 Å².